The van der Waals surface area contributed by atoms with E-state index in [1.165, 1.54) is 4.68 Å². The van der Waals surface area contributed by atoms with Crippen LogP contribution in [-0.2, 0) is 11.3 Å². The number of nitrogens with one attached hydrogen (secondary N) is 1. The van der Waals surface area contributed by atoms with Crippen molar-refractivity contribution in [3.05, 3.63) is 57.4 Å². The molecule has 2 aromatic rings. The van der Waals surface area contributed by atoms with E-state index in [0.717, 1.165) is 5.56 Å². The minimum Gasteiger partial charge on any atom is -0.354 e. The van der Waals surface area contributed by atoms with E-state index in [-0.39, 0.29) is 43.0 Å². The molecule has 0 saturated heterocycles. The summed E-state index contributed by atoms with van der Waals surface area (Å²) in [6.07, 6.45) is 0.181. The molecule has 1 amide bonds. The number of aromatic nitrogens is 2. The summed E-state index contributed by atoms with van der Waals surface area (Å²) >= 11 is 0. The number of nitro groups is 1. The summed E-state index contributed by atoms with van der Waals surface area (Å²) in [4.78, 5) is 22.5. The smallest absolute Gasteiger partial charge is 0.312 e. The summed E-state index contributed by atoms with van der Waals surface area (Å²) in [5.74, 6) is -0.170. The number of benzene rings is 1. The highest BCUT2D eigenvalue weighted by atomic mass is 35.5. The van der Waals surface area contributed by atoms with Crippen molar-refractivity contribution in [3.8, 4) is 0 Å². The normalized spacial score (nSPS) is 11.5. The van der Waals surface area contributed by atoms with Gasteiger partial charge in [0, 0.05) is 19.0 Å². The van der Waals surface area contributed by atoms with Crippen LogP contribution in [0.1, 0.15) is 29.4 Å². The first-order valence-electron chi connectivity index (χ1n) is 7.65. The third-order valence-electron chi connectivity index (χ3n) is 3.82. The Kier molecular flexibility index (Phi) is 7.53. The molecule has 0 bridgehead atoms. The molecule has 1 atom stereocenters. The number of nitrogens with zero attached hydrogens (tertiary/aromatic N) is 3. The first-order valence-corrected chi connectivity index (χ1v) is 7.65. The number of hydrogen-bond donors (Lipinski definition) is 2. The summed E-state index contributed by atoms with van der Waals surface area (Å²) in [5, 5.41) is 17.9. The number of nitrogens with two attached hydrogens (primary N) is 1. The van der Waals surface area contributed by atoms with Gasteiger partial charge >= 0.3 is 5.69 Å². The van der Waals surface area contributed by atoms with Crippen LogP contribution in [0, 0.1) is 24.0 Å². The third kappa shape index (κ3) is 5.27. The molecule has 0 aliphatic heterocycles. The van der Waals surface area contributed by atoms with E-state index in [0.29, 0.717) is 17.9 Å². The van der Waals surface area contributed by atoms with Crippen molar-refractivity contribution in [1.29, 1.82) is 0 Å². The van der Waals surface area contributed by atoms with Crippen molar-refractivity contribution in [2.75, 3.05) is 6.54 Å². The van der Waals surface area contributed by atoms with Crippen molar-refractivity contribution >= 4 is 24.0 Å². The van der Waals surface area contributed by atoms with Gasteiger partial charge in [0.15, 0.2) is 0 Å². The second-order valence-corrected chi connectivity index (χ2v) is 5.57. The molecule has 2 rings (SSSR count). The topological polar surface area (TPSA) is 116 Å². The van der Waals surface area contributed by atoms with Crippen LogP contribution < -0.4 is 11.1 Å². The van der Waals surface area contributed by atoms with E-state index >= 15 is 0 Å². The number of amides is 1. The third-order valence-corrected chi connectivity index (χ3v) is 3.82. The lowest BCUT2D eigenvalue weighted by Crippen LogP contribution is -2.32. The second kappa shape index (κ2) is 9.14. The number of aryl methyl sites for hydroxylation is 2. The van der Waals surface area contributed by atoms with E-state index in [4.69, 9.17) is 5.73 Å². The van der Waals surface area contributed by atoms with E-state index < -0.39 is 4.92 Å². The summed E-state index contributed by atoms with van der Waals surface area (Å²) in [7, 11) is 0. The molecule has 0 radical (unpaired) electrons. The molecule has 0 fully saturated rings. The average Bonchev–Trinajstić information content (AvgIpc) is 2.85. The van der Waals surface area contributed by atoms with Crippen molar-refractivity contribution in [2.24, 2.45) is 5.73 Å². The zero-order chi connectivity index (χ0) is 17.7. The number of hydrogen-bond acceptors (Lipinski definition) is 5. The molecule has 0 spiro atoms. The van der Waals surface area contributed by atoms with Crippen LogP contribution in [-0.4, -0.2) is 27.2 Å². The van der Waals surface area contributed by atoms with Gasteiger partial charge in [-0.1, -0.05) is 30.3 Å². The minimum atomic E-state index is -0.451. The zero-order valence-electron chi connectivity index (χ0n) is 14.1. The van der Waals surface area contributed by atoms with Crippen LogP contribution in [0.2, 0.25) is 0 Å². The molecule has 136 valence electrons. The van der Waals surface area contributed by atoms with Gasteiger partial charge in [-0.25, -0.2) is 0 Å². The Balaban J connectivity index is 0.00000312. The first-order chi connectivity index (χ1) is 11.4. The predicted octanol–water partition coefficient (Wildman–Crippen LogP) is 2.04. The predicted molar refractivity (Wildman–Crippen MR) is 96.6 cm³/mol. The molecule has 25 heavy (non-hydrogen) atoms. The van der Waals surface area contributed by atoms with Gasteiger partial charge in [-0.15, -0.1) is 12.4 Å². The molecule has 0 aliphatic rings. The van der Waals surface area contributed by atoms with E-state index in [9.17, 15) is 14.9 Å². The summed E-state index contributed by atoms with van der Waals surface area (Å²) in [6.45, 7) is 3.83. The Labute approximate surface area is 152 Å². The lowest BCUT2D eigenvalue weighted by atomic mass is 10.1. The molecule has 1 unspecified atom stereocenters. The monoisotopic (exact) mass is 367 g/mol. The molecule has 1 aromatic heterocycles. The fraction of sp³-hybridized carbons (Fsp3) is 0.375. The second-order valence-electron chi connectivity index (χ2n) is 5.57. The number of halogens is 1. The molecule has 8 nitrogen and oxygen atoms in total. The van der Waals surface area contributed by atoms with Gasteiger partial charge in [-0.3, -0.25) is 19.6 Å². The highest BCUT2D eigenvalue weighted by Gasteiger charge is 2.21. The van der Waals surface area contributed by atoms with E-state index in [1.807, 2.05) is 30.3 Å². The summed E-state index contributed by atoms with van der Waals surface area (Å²) in [6, 6.07) is 9.24. The fourth-order valence-corrected chi connectivity index (χ4v) is 2.51. The summed E-state index contributed by atoms with van der Waals surface area (Å²) < 4.78 is 1.49. The lowest BCUT2D eigenvalue weighted by molar-refractivity contribution is -0.386. The van der Waals surface area contributed by atoms with Crippen LogP contribution in [0.4, 0.5) is 5.69 Å². The lowest BCUT2D eigenvalue weighted by Gasteiger charge is -2.13. The molecule has 0 aliphatic carbocycles. The largest absolute Gasteiger partial charge is 0.354 e. The van der Waals surface area contributed by atoms with Gasteiger partial charge < -0.3 is 11.1 Å². The Morgan fingerprint density at radius 2 is 2.00 bits per heavy atom. The van der Waals surface area contributed by atoms with E-state index in [1.54, 1.807) is 13.8 Å². The quantitative estimate of drug-likeness (QED) is 0.573. The van der Waals surface area contributed by atoms with Crippen LogP contribution >= 0.6 is 12.4 Å². The maximum absolute atomic E-state index is 11.9. The van der Waals surface area contributed by atoms with Crippen LogP contribution in [0.15, 0.2) is 30.3 Å². The summed E-state index contributed by atoms with van der Waals surface area (Å²) in [5.41, 5.74) is 7.78. The molecule has 3 N–H and O–H groups in total. The standard InChI is InChI=1S/C16H21N5O3.ClH/c1-11-16(21(23)24)12(2)20(19-11)9-8-15(22)18-10-14(17)13-6-4-3-5-7-13;/h3-7,14H,8-10,17H2,1-2H3,(H,18,22);1H. The SMILES string of the molecule is Cc1nn(CCC(=O)NCC(N)c2ccccc2)c(C)c1[N+](=O)[O-].Cl. The zero-order valence-corrected chi connectivity index (χ0v) is 15.0. The van der Waals surface area contributed by atoms with E-state index in [2.05, 4.69) is 10.4 Å². The molecule has 9 heteroatoms. The Morgan fingerprint density at radius 1 is 1.36 bits per heavy atom. The van der Waals surface area contributed by atoms with Crippen LogP contribution in [0.3, 0.4) is 0 Å². The highest BCUT2D eigenvalue weighted by molar-refractivity contribution is 5.85. The first kappa shape index (κ1) is 20.6. The van der Waals surface area contributed by atoms with Gasteiger partial charge in [0.1, 0.15) is 11.4 Å². The van der Waals surface area contributed by atoms with Gasteiger partial charge in [0.2, 0.25) is 5.91 Å². The molecular weight excluding hydrogens is 346 g/mol. The van der Waals surface area contributed by atoms with Crippen molar-refractivity contribution in [1.82, 2.24) is 15.1 Å². The molecule has 1 heterocycles. The van der Waals surface area contributed by atoms with Gasteiger partial charge in [-0.2, -0.15) is 5.10 Å². The fourth-order valence-electron chi connectivity index (χ4n) is 2.51. The van der Waals surface area contributed by atoms with Crippen molar-refractivity contribution in [2.45, 2.75) is 32.9 Å². The van der Waals surface area contributed by atoms with Crippen LogP contribution in [0.25, 0.3) is 0 Å². The Morgan fingerprint density at radius 3 is 2.56 bits per heavy atom. The number of carbonyl (C=O) groups excluding carboxylic acids is 1. The maximum Gasteiger partial charge on any atom is 0.312 e. The number of rotatable bonds is 7. The Bertz CT molecular complexity index is 733. The average molecular weight is 368 g/mol. The number of carbonyl (C=O) groups is 1. The van der Waals surface area contributed by atoms with Gasteiger partial charge in [-0.05, 0) is 19.4 Å². The van der Waals surface area contributed by atoms with Crippen molar-refractivity contribution in [3.63, 3.8) is 0 Å². The highest BCUT2D eigenvalue weighted by Crippen LogP contribution is 2.21. The van der Waals surface area contributed by atoms with Crippen molar-refractivity contribution < 1.29 is 9.72 Å². The molecule has 1 aromatic carbocycles. The molecular formula is C16H22ClN5O3. The van der Waals surface area contributed by atoms with Gasteiger partial charge in [0.05, 0.1) is 11.5 Å². The minimum absolute atomic E-state index is 0. The maximum atomic E-state index is 11.9. The Hall–Kier alpha value is -2.45. The van der Waals surface area contributed by atoms with Crippen LogP contribution in [0.5, 0.6) is 0 Å². The molecule has 0 saturated carbocycles. The van der Waals surface area contributed by atoms with Gasteiger partial charge in [0.25, 0.3) is 0 Å².